The Bertz CT molecular complexity index is 314. The summed E-state index contributed by atoms with van der Waals surface area (Å²) in [6, 6.07) is 0. The van der Waals surface area contributed by atoms with E-state index in [1.807, 2.05) is 20.8 Å². The zero-order valence-corrected chi connectivity index (χ0v) is 9.45. The second kappa shape index (κ2) is 4.93. The minimum absolute atomic E-state index is 0.237. The lowest BCUT2D eigenvalue weighted by Gasteiger charge is -2.25. The second-order valence-corrected chi connectivity index (χ2v) is 3.84. The van der Waals surface area contributed by atoms with E-state index in [4.69, 9.17) is 10.5 Å². The van der Waals surface area contributed by atoms with Crippen LogP contribution >= 0.6 is 0 Å². The molecule has 0 aliphatic rings. The maximum Gasteiger partial charge on any atom is 0.169 e. The molecule has 0 aromatic carbocycles. The molecule has 0 amide bonds. The second-order valence-electron chi connectivity index (χ2n) is 3.84. The third-order valence-electron chi connectivity index (χ3n) is 1.94. The van der Waals surface area contributed by atoms with E-state index in [9.17, 15) is 0 Å². The van der Waals surface area contributed by atoms with Crippen LogP contribution < -0.4 is 11.1 Å². The first-order valence-electron chi connectivity index (χ1n) is 4.99. The van der Waals surface area contributed by atoms with Crippen LogP contribution in [-0.2, 0) is 4.74 Å². The Morgan fingerprint density at radius 1 is 1.40 bits per heavy atom. The Balaban J connectivity index is 2.53. The average Bonchev–Trinajstić information content (AvgIpc) is 2.16. The number of hydrogen-bond donors (Lipinski definition) is 2. The topological polar surface area (TPSA) is 73.1 Å². The van der Waals surface area contributed by atoms with Crippen LogP contribution in [0.15, 0.2) is 12.4 Å². The van der Waals surface area contributed by atoms with Crippen molar-refractivity contribution in [3.8, 4) is 0 Å². The molecule has 1 aromatic rings. The van der Waals surface area contributed by atoms with E-state index in [1.165, 1.54) is 0 Å². The SMILES string of the molecule is CCOC(C)(C)CNc1nccnc1N. The number of nitrogens with two attached hydrogens (primary N) is 1. The Hall–Kier alpha value is -1.36. The molecule has 0 spiro atoms. The molecule has 0 radical (unpaired) electrons. The molecule has 3 N–H and O–H groups in total. The van der Waals surface area contributed by atoms with E-state index < -0.39 is 0 Å². The largest absolute Gasteiger partial charge is 0.381 e. The van der Waals surface area contributed by atoms with Gasteiger partial charge in [0.2, 0.25) is 0 Å². The zero-order valence-electron chi connectivity index (χ0n) is 9.45. The van der Waals surface area contributed by atoms with Crippen LogP contribution in [0.4, 0.5) is 11.6 Å². The van der Waals surface area contributed by atoms with Crippen LogP contribution in [0, 0.1) is 0 Å². The molecule has 0 saturated carbocycles. The van der Waals surface area contributed by atoms with Crippen LogP contribution in [0.3, 0.4) is 0 Å². The number of ether oxygens (including phenoxy) is 1. The predicted molar refractivity (Wildman–Crippen MR) is 60.6 cm³/mol. The van der Waals surface area contributed by atoms with Crippen LogP contribution in [-0.4, -0.2) is 28.7 Å². The smallest absolute Gasteiger partial charge is 0.169 e. The molecule has 1 heterocycles. The van der Waals surface area contributed by atoms with E-state index in [-0.39, 0.29) is 5.60 Å². The van der Waals surface area contributed by atoms with Crippen molar-refractivity contribution in [1.29, 1.82) is 0 Å². The Kier molecular flexibility index (Phi) is 3.85. The summed E-state index contributed by atoms with van der Waals surface area (Å²) in [5.41, 5.74) is 5.41. The first kappa shape index (κ1) is 11.7. The summed E-state index contributed by atoms with van der Waals surface area (Å²) in [4.78, 5) is 8.03. The summed E-state index contributed by atoms with van der Waals surface area (Å²) in [6.07, 6.45) is 3.17. The molecule has 0 saturated heterocycles. The number of nitrogen functional groups attached to an aromatic ring is 1. The highest BCUT2D eigenvalue weighted by Gasteiger charge is 2.17. The average molecular weight is 210 g/mol. The van der Waals surface area contributed by atoms with Crippen molar-refractivity contribution in [3.05, 3.63) is 12.4 Å². The molecule has 0 atom stereocenters. The minimum Gasteiger partial charge on any atom is -0.381 e. The number of rotatable bonds is 5. The minimum atomic E-state index is -0.237. The van der Waals surface area contributed by atoms with Gasteiger partial charge in [-0.3, -0.25) is 0 Å². The van der Waals surface area contributed by atoms with E-state index in [2.05, 4.69) is 15.3 Å². The Morgan fingerprint density at radius 2 is 2.07 bits per heavy atom. The first-order chi connectivity index (χ1) is 7.05. The molecule has 5 nitrogen and oxygen atoms in total. The lowest BCUT2D eigenvalue weighted by Crippen LogP contribution is -2.33. The molecule has 0 fully saturated rings. The molecular formula is C10H18N4O. The summed E-state index contributed by atoms with van der Waals surface area (Å²) in [5, 5.41) is 3.11. The highest BCUT2D eigenvalue weighted by Crippen LogP contribution is 2.14. The van der Waals surface area contributed by atoms with Gasteiger partial charge >= 0.3 is 0 Å². The van der Waals surface area contributed by atoms with Crippen molar-refractivity contribution in [2.75, 3.05) is 24.2 Å². The molecular weight excluding hydrogens is 192 g/mol. The van der Waals surface area contributed by atoms with E-state index in [0.29, 0.717) is 24.8 Å². The van der Waals surface area contributed by atoms with Gasteiger partial charge < -0.3 is 15.8 Å². The quantitative estimate of drug-likeness (QED) is 0.766. The highest BCUT2D eigenvalue weighted by atomic mass is 16.5. The van der Waals surface area contributed by atoms with Crippen molar-refractivity contribution < 1.29 is 4.74 Å². The van der Waals surface area contributed by atoms with Crippen LogP contribution in [0.1, 0.15) is 20.8 Å². The lowest BCUT2D eigenvalue weighted by atomic mass is 10.1. The molecule has 0 bridgehead atoms. The fourth-order valence-corrected chi connectivity index (χ4v) is 1.22. The van der Waals surface area contributed by atoms with E-state index >= 15 is 0 Å². The number of aromatic nitrogens is 2. The lowest BCUT2D eigenvalue weighted by molar-refractivity contribution is 0.000652. The normalized spacial score (nSPS) is 11.4. The van der Waals surface area contributed by atoms with E-state index in [1.54, 1.807) is 12.4 Å². The summed E-state index contributed by atoms with van der Waals surface area (Å²) >= 11 is 0. The Labute approximate surface area is 90.1 Å². The molecule has 5 heteroatoms. The van der Waals surface area contributed by atoms with E-state index in [0.717, 1.165) is 0 Å². The van der Waals surface area contributed by atoms with Gasteiger partial charge in [0.1, 0.15) is 0 Å². The van der Waals surface area contributed by atoms with Crippen LogP contribution in [0.2, 0.25) is 0 Å². The van der Waals surface area contributed by atoms with Crippen molar-refractivity contribution in [3.63, 3.8) is 0 Å². The molecule has 0 aliphatic carbocycles. The highest BCUT2D eigenvalue weighted by molar-refractivity contribution is 5.54. The van der Waals surface area contributed by atoms with Crippen molar-refractivity contribution in [2.45, 2.75) is 26.4 Å². The predicted octanol–water partition coefficient (Wildman–Crippen LogP) is 1.29. The van der Waals surface area contributed by atoms with Crippen molar-refractivity contribution >= 4 is 11.6 Å². The van der Waals surface area contributed by atoms with Gasteiger partial charge in [-0.1, -0.05) is 0 Å². The Morgan fingerprint density at radius 3 is 2.67 bits per heavy atom. The van der Waals surface area contributed by atoms with Crippen LogP contribution in [0.5, 0.6) is 0 Å². The molecule has 0 aliphatic heterocycles. The van der Waals surface area contributed by atoms with Gasteiger partial charge in [0.15, 0.2) is 11.6 Å². The molecule has 84 valence electrons. The summed E-state index contributed by atoms with van der Waals surface area (Å²) in [7, 11) is 0. The molecule has 1 rings (SSSR count). The third-order valence-corrected chi connectivity index (χ3v) is 1.94. The van der Waals surface area contributed by atoms with Gasteiger partial charge in [-0.2, -0.15) is 0 Å². The maximum absolute atomic E-state index is 5.65. The van der Waals surface area contributed by atoms with Gasteiger partial charge in [-0.15, -0.1) is 0 Å². The standard InChI is InChI=1S/C10H18N4O/c1-4-15-10(2,3)7-14-9-8(11)12-5-6-13-9/h5-6H,4,7H2,1-3H3,(H2,11,12)(H,13,14). The number of nitrogens with one attached hydrogen (secondary N) is 1. The van der Waals surface area contributed by atoms with Crippen LogP contribution in [0.25, 0.3) is 0 Å². The van der Waals surface area contributed by atoms with Gasteiger partial charge in [0.25, 0.3) is 0 Å². The van der Waals surface area contributed by atoms with Crippen molar-refractivity contribution in [1.82, 2.24) is 9.97 Å². The zero-order chi connectivity index (χ0) is 11.3. The number of hydrogen-bond acceptors (Lipinski definition) is 5. The van der Waals surface area contributed by atoms with Gasteiger partial charge in [0.05, 0.1) is 5.60 Å². The third kappa shape index (κ3) is 3.71. The summed E-state index contributed by atoms with van der Waals surface area (Å²) in [5.74, 6) is 1.01. The number of nitrogens with zero attached hydrogens (tertiary/aromatic N) is 2. The fourth-order valence-electron chi connectivity index (χ4n) is 1.22. The fraction of sp³-hybridized carbons (Fsp3) is 0.600. The molecule has 1 aromatic heterocycles. The van der Waals surface area contributed by atoms with Gasteiger partial charge in [-0.05, 0) is 20.8 Å². The monoisotopic (exact) mass is 210 g/mol. The summed E-state index contributed by atoms with van der Waals surface area (Å²) < 4.78 is 5.54. The maximum atomic E-state index is 5.65. The van der Waals surface area contributed by atoms with Gasteiger partial charge in [0, 0.05) is 25.5 Å². The number of anilines is 2. The molecule has 0 unspecified atom stereocenters. The van der Waals surface area contributed by atoms with Gasteiger partial charge in [-0.25, -0.2) is 9.97 Å². The first-order valence-corrected chi connectivity index (χ1v) is 4.99. The molecule has 15 heavy (non-hydrogen) atoms. The van der Waals surface area contributed by atoms with Crippen molar-refractivity contribution in [2.24, 2.45) is 0 Å². The summed E-state index contributed by atoms with van der Waals surface area (Å²) in [6.45, 7) is 7.32.